The molecule has 28 heavy (non-hydrogen) atoms. The minimum absolute atomic E-state index is 0.115. The van der Waals surface area contributed by atoms with Crippen molar-refractivity contribution in [2.75, 3.05) is 18.4 Å². The van der Waals surface area contributed by atoms with E-state index < -0.39 is 10.0 Å². The summed E-state index contributed by atoms with van der Waals surface area (Å²) in [5, 5.41) is 2.77. The number of sulfonamides is 1. The number of halogens is 1. The van der Waals surface area contributed by atoms with Gasteiger partial charge >= 0.3 is 0 Å². The average molecular weight is 405 g/mol. The van der Waals surface area contributed by atoms with Gasteiger partial charge in [0.25, 0.3) is 0 Å². The molecule has 3 rings (SSSR count). The molecule has 1 saturated heterocycles. The van der Waals surface area contributed by atoms with E-state index in [1.807, 2.05) is 6.92 Å². The predicted octanol–water partition coefficient (Wildman–Crippen LogP) is 3.88. The Morgan fingerprint density at radius 1 is 1.11 bits per heavy atom. The molecule has 0 spiro atoms. The molecule has 5 nitrogen and oxygen atoms in total. The zero-order valence-corrected chi connectivity index (χ0v) is 16.8. The van der Waals surface area contributed by atoms with Crippen LogP contribution in [0.3, 0.4) is 0 Å². The van der Waals surface area contributed by atoms with Gasteiger partial charge in [0.15, 0.2) is 0 Å². The first-order valence-corrected chi connectivity index (χ1v) is 11.0. The Morgan fingerprint density at radius 3 is 2.54 bits per heavy atom. The Kier molecular flexibility index (Phi) is 6.46. The van der Waals surface area contributed by atoms with Gasteiger partial charge in [-0.25, -0.2) is 12.8 Å². The maximum atomic E-state index is 13.7. The summed E-state index contributed by atoms with van der Waals surface area (Å²) in [6.07, 6.45) is 3.17. The van der Waals surface area contributed by atoms with Gasteiger partial charge in [-0.1, -0.05) is 30.7 Å². The van der Waals surface area contributed by atoms with Crippen LogP contribution in [0.2, 0.25) is 0 Å². The van der Waals surface area contributed by atoms with E-state index >= 15 is 0 Å². The van der Waals surface area contributed by atoms with Gasteiger partial charge in [-0.05, 0) is 55.5 Å². The topological polar surface area (TPSA) is 66.5 Å². The number of amides is 1. The number of nitrogens with one attached hydrogen (secondary N) is 1. The van der Waals surface area contributed by atoms with Gasteiger partial charge in [0, 0.05) is 25.2 Å². The van der Waals surface area contributed by atoms with E-state index in [1.54, 1.807) is 30.3 Å². The van der Waals surface area contributed by atoms with E-state index in [2.05, 4.69) is 5.32 Å². The second-order valence-electron chi connectivity index (χ2n) is 7.08. The molecule has 150 valence electrons. The molecule has 0 atom stereocenters. The molecule has 1 fully saturated rings. The van der Waals surface area contributed by atoms with Crippen LogP contribution in [-0.4, -0.2) is 31.7 Å². The summed E-state index contributed by atoms with van der Waals surface area (Å²) >= 11 is 0. The Balaban J connectivity index is 1.71. The van der Waals surface area contributed by atoms with Gasteiger partial charge < -0.3 is 5.32 Å². The van der Waals surface area contributed by atoms with Gasteiger partial charge in [0.1, 0.15) is 5.82 Å². The summed E-state index contributed by atoms with van der Waals surface area (Å²) in [4.78, 5) is 12.5. The average Bonchev–Trinajstić information content (AvgIpc) is 2.69. The minimum atomic E-state index is -3.57. The van der Waals surface area contributed by atoms with Crippen molar-refractivity contribution in [2.45, 2.75) is 43.9 Å². The van der Waals surface area contributed by atoms with E-state index in [9.17, 15) is 17.6 Å². The zero-order valence-electron chi connectivity index (χ0n) is 15.9. The van der Waals surface area contributed by atoms with Crippen LogP contribution in [0.4, 0.5) is 10.1 Å². The van der Waals surface area contributed by atoms with Gasteiger partial charge in [-0.15, -0.1) is 0 Å². The number of benzene rings is 2. The highest BCUT2D eigenvalue weighted by molar-refractivity contribution is 7.89. The lowest BCUT2D eigenvalue weighted by atomic mass is 10.1. The van der Waals surface area contributed by atoms with Crippen molar-refractivity contribution < 1.29 is 17.6 Å². The first kappa shape index (κ1) is 20.5. The third-order valence-corrected chi connectivity index (χ3v) is 6.91. The number of piperidine rings is 1. The standard InChI is InChI=1S/C21H25FN2O3S/c1-16-9-11-18(28(26,27)24-13-5-2-6-14-24)15-20(16)23-21(25)12-10-17-7-3-4-8-19(17)22/h3-4,7-9,11,15H,2,5-6,10,12-14H2,1H3,(H,23,25). The van der Waals surface area contributed by atoms with Crippen LogP contribution in [-0.2, 0) is 21.2 Å². The molecule has 1 aliphatic rings. The molecule has 2 aromatic rings. The molecule has 1 heterocycles. The normalized spacial score (nSPS) is 15.4. The minimum Gasteiger partial charge on any atom is -0.326 e. The summed E-state index contributed by atoms with van der Waals surface area (Å²) in [5.74, 6) is -0.611. The lowest BCUT2D eigenvalue weighted by Crippen LogP contribution is -2.35. The lowest BCUT2D eigenvalue weighted by Gasteiger charge is -2.26. The molecule has 0 unspecified atom stereocenters. The van der Waals surface area contributed by atoms with Crippen molar-refractivity contribution in [3.05, 3.63) is 59.4 Å². The fraction of sp³-hybridized carbons (Fsp3) is 0.381. The number of rotatable bonds is 6. The molecular weight excluding hydrogens is 379 g/mol. The van der Waals surface area contributed by atoms with Gasteiger partial charge in [0.2, 0.25) is 15.9 Å². The van der Waals surface area contributed by atoms with Gasteiger partial charge in [-0.3, -0.25) is 4.79 Å². The SMILES string of the molecule is Cc1ccc(S(=O)(=O)N2CCCCC2)cc1NC(=O)CCc1ccccc1F. The fourth-order valence-corrected chi connectivity index (χ4v) is 4.86. The Morgan fingerprint density at radius 2 is 1.82 bits per heavy atom. The van der Waals surface area contributed by atoms with Crippen molar-refractivity contribution in [2.24, 2.45) is 0 Å². The Hall–Kier alpha value is -2.25. The van der Waals surface area contributed by atoms with E-state index in [4.69, 9.17) is 0 Å². The van der Waals surface area contributed by atoms with Crippen molar-refractivity contribution in [1.29, 1.82) is 0 Å². The Labute approximate surface area is 165 Å². The van der Waals surface area contributed by atoms with Crippen LogP contribution in [0.25, 0.3) is 0 Å². The summed E-state index contributed by atoms with van der Waals surface area (Å²) in [7, 11) is -3.57. The molecule has 7 heteroatoms. The zero-order chi connectivity index (χ0) is 20.1. The maximum Gasteiger partial charge on any atom is 0.243 e. The highest BCUT2D eigenvalue weighted by Gasteiger charge is 2.26. The second-order valence-corrected chi connectivity index (χ2v) is 9.02. The first-order chi connectivity index (χ1) is 13.4. The fourth-order valence-electron chi connectivity index (χ4n) is 3.31. The largest absolute Gasteiger partial charge is 0.326 e. The number of hydrogen-bond donors (Lipinski definition) is 1. The number of anilines is 1. The number of carbonyl (C=O) groups excluding carboxylic acids is 1. The molecular formula is C21H25FN2O3S. The molecule has 2 aromatic carbocycles. The predicted molar refractivity (Wildman–Crippen MR) is 107 cm³/mol. The molecule has 0 aliphatic carbocycles. The van der Waals surface area contributed by atoms with Gasteiger partial charge in [0.05, 0.1) is 4.90 Å². The maximum absolute atomic E-state index is 13.7. The van der Waals surface area contributed by atoms with Crippen molar-refractivity contribution in [3.8, 4) is 0 Å². The summed E-state index contributed by atoms with van der Waals surface area (Å²) in [6, 6.07) is 11.1. The third-order valence-electron chi connectivity index (χ3n) is 5.02. The molecule has 0 bridgehead atoms. The highest BCUT2D eigenvalue weighted by atomic mass is 32.2. The van der Waals surface area contributed by atoms with Gasteiger partial charge in [-0.2, -0.15) is 4.31 Å². The molecule has 0 aromatic heterocycles. The van der Waals surface area contributed by atoms with Crippen molar-refractivity contribution >= 4 is 21.6 Å². The van der Waals surface area contributed by atoms with Crippen LogP contribution in [0.1, 0.15) is 36.8 Å². The smallest absolute Gasteiger partial charge is 0.243 e. The number of hydrogen-bond acceptors (Lipinski definition) is 3. The number of nitrogens with zero attached hydrogens (tertiary/aromatic N) is 1. The van der Waals surface area contributed by atoms with Crippen molar-refractivity contribution in [1.82, 2.24) is 4.31 Å². The van der Waals surface area contributed by atoms with Crippen LogP contribution in [0.15, 0.2) is 47.4 Å². The summed E-state index contributed by atoms with van der Waals surface area (Å²) in [6.45, 7) is 2.87. The first-order valence-electron chi connectivity index (χ1n) is 9.52. The molecule has 0 radical (unpaired) electrons. The summed E-state index contributed by atoms with van der Waals surface area (Å²) < 4.78 is 40.9. The quantitative estimate of drug-likeness (QED) is 0.795. The number of aryl methyl sites for hydroxylation is 2. The van der Waals surface area contributed by atoms with E-state index in [0.717, 1.165) is 24.8 Å². The highest BCUT2D eigenvalue weighted by Crippen LogP contribution is 2.25. The van der Waals surface area contributed by atoms with Crippen LogP contribution >= 0.6 is 0 Å². The third kappa shape index (κ3) is 4.77. The van der Waals surface area contributed by atoms with Crippen LogP contribution < -0.4 is 5.32 Å². The summed E-state index contributed by atoms with van der Waals surface area (Å²) in [5.41, 5.74) is 1.73. The molecule has 0 saturated carbocycles. The molecule has 1 N–H and O–H groups in total. The van der Waals surface area contributed by atoms with Crippen molar-refractivity contribution in [3.63, 3.8) is 0 Å². The van der Waals surface area contributed by atoms with E-state index in [-0.39, 0.29) is 29.5 Å². The number of carbonyl (C=O) groups is 1. The second kappa shape index (κ2) is 8.84. The van der Waals surface area contributed by atoms with Crippen LogP contribution in [0, 0.1) is 12.7 Å². The van der Waals surface area contributed by atoms with E-state index in [0.29, 0.717) is 24.3 Å². The molecule has 1 aliphatic heterocycles. The molecule has 1 amide bonds. The monoisotopic (exact) mass is 404 g/mol. The lowest BCUT2D eigenvalue weighted by molar-refractivity contribution is -0.116. The van der Waals surface area contributed by atoms with E-state index in [1.165, 1.54) is 16.4 Å². The Bertz CT molecular complexity index is 954. The van der Waals surface area contributed by atoms with Crippen LogP contribution in [0.5, 0.6) is 0 Å².